The van der Waals surface area contributed by atoms with E-state index < -0.39 is 11.7 Å². The highest BCUT2D eigenvalue weighted by Crippen LogP contribution is 2.31. The van der Waals surface area contributed by atoms with Gasteiger partial charge in [0.25, 0.3) is 0 Å². The third kappa shape index (κ3) is 4.02. The van der Waals surface area contributed by atoms with Gasteiger partial charge in [-0.15, -0.1) is 0 Å². The average molecular weight is 348 g/mol. The molecule has 132 valence electrons. The predicted octanol–water partition coefficient (Wildman–Crippen LogP) is 4.28. The second-order valence-electron chi connectivity index (χ2n) is 6.48. The summed E-state index contributed by atoms with van der Waals surface area (Å²) in [6, 6.07) is 8.94. The van der Waals surface area contributed by atoms with Gasteiger partial charge < -0.3 is 5.32 Å². The van der Waals surface area contributed by atoms with E-state index in [2.05, 4.69) is 31.3 Å². The number of aryl methyl sites for hydroxylation is 2. The molecule has 25 heavy (non-hydrogen) atoms. The Bertz CT molecular complexity index is 784. The highest BCUT2D eigenvalue weighted by Gasteiger charge is 2.30. The van der Waals surface area contributed by atoms with Gasteiger partial charge in [0.15, 0.2) is 0 Å². The minimum absolute atomic E-state index is 0.142. The van der Waals surface area contributed by atoms with E-state index in [1.165, 1.54) is 34.4 Å². The zero-order valence-corrected chi connectivity index (χ0v) is 14.1. The number of alkyl halides is 3. The fraction of sp³-hybridized carbons (Fsp3) is 0.316. The molecular weight excluding hydrogens is 329 g/mol. The number of halogens is 3. The summed E-state index contributed by atoms with van der Waals surface area (Å²) in [5.74, 6) is -0.319. The van der Waals surface area contributed by atoms with E-state index in [0.29, 0.717) is 13.1 Å². The molecule has 1 heterocycles. The Morgan fingerprint density at radius 1 is 1.08 bits per heavy atom. The number of hydrogen-bond donors (Lipinski definition) is 1. The maximum atomic E-state index is 12.7. The minimum Gasteiger partial charge on any atom is -0.325 e. The van der Waals surface area contributed by atoms with E-state index in [1.807, 2.05) is 4.90 Å². The summed E-state index contributed by atoms with van der Waals surface area (Å²) in [6.07, 6.45) is -4.42. The Morgan fingerprint density at radius 2 is 1.68 bits per heavy atom. The molecule has 6 heteroatoms. The fourth-order valence-electron chi connectivity index (χ4n) is 3.06. The Kier molecular flexibility index (Phi) is 4.56. The molecule has 1 aliphatic rings. The molecule has 1 amide bonds. The molecule has 0 saturated heterocycles. The van der Waals surface area contributed by atoms with E-state index in [-0.39, 0.29) is 18.1 Å². The van der Waals surface area contributed by atoms with Gasteiger partial charge in [-0.25, -0.2) is 0 Å². The van der Waals surface area contributed by atoms with Crippen molar-refractivity contribution in [3.63, 3.8) is 0 Å². The van der Waals surface area contributed by atoms with Crippen LogP contribution in [0.15, 0.2) is 36.4 Å². The highest BCUT2D eigenvalue weighted by atomic mass is 19.4. The summed E-state index contributed by atoms with van der Waals surface area (Å²) in [7, 11) is 0. The Balaban J connectivity index is 1.63. The van der Waals surface area contributed by atoms with Crippen LogP contribution in [0.3, 0.4) is 0 Å². The summed E-state index contributed by atoms with van der Waals surface area (Å²) in [5, 5.41) is 2.55. The van der Waals surface area contributed by atoms with E-state index >= 15 is 0 Å². The smallest absolute Gasteiger partial charge is 0.325 e. The van der Waals surface area contributed by atoms with Crippen LogP contribution in [0, 0.1) is 13.8 Å². The average Bonchev–Trinajstić information content (AvgIpc) is 2.88. The van der Waals surface area contributed by atoms with Gasteiger partial charge in [-0.05, 0) is 54.3 Å². The van der Waals surface area contributed by atoms with Crippen LogP contribution < -0.4 is 5.32 Å². The number of anilines is 1. The van der Waals surface area contributed by atoms with Crippen molar-refractivity contribution in [3.8, 4) is 0 Å². The van der Waals surface area contributed by atoms with E-state index in [1.54, 1.807) is 0 Å². The highest BCUT2D eigenvalue weighted by molar-refractivity contribution is 5.92. The van der Waals surface area contributed by atoms with E-state index in [4.69, 9.17) is 0 Å². The number of rotatable bonds is 3. The fourth-order valence-corrected chi connectivity index (χ4v) is 3.06. The lowest BCUT2D eigenvalue weighted by Crippen LogP contribution is -2.29. The Morgan fingerprint density at radius 3 is 2.24 bits per heavy atom. The zero-order valence-electron chi connectivity index (χ0n) is 14.1. The van der Waals surface area contributed by atoms with Gasteiger partial charge in [0.2, 0.25) is 5.91 Å². The van der Waals surface area contributed by atoms with Crippen molar-refractivity contribution in [3.05, 3.63) is 64.2 Å². The Labute approximate surface area is 144 Å². The molecule has 2 aromatic carbocycles. The maximum Gasteiger partial charge on any atom is 0.416 e. The first-order valence-corrected chi connectivity index (χ1v) is 8.01. The van der Waals surface area contributed by atoms with Crippen LogP contribution in [0.5, 0.6) is 0 Å². The zero-order chi connectivity index (χ0) is 18.2. The lowest BCUT2D eigenvalue weighted by Gasteiger charge is -2.15. The van der Waals surface area contributed by atoms with Crippen molar-refractivity contribution < 1.29 is 18.0 Å². The number of carbonyl (C=O) groups excluding carboxylic acids is 1. The molecule has 0 unspecified atom stereocenters. The summed E-state index contributed by atoms with van der Waals surface area (Å²) in [6.45, 7) is 5.60. The van der Waals surface area contributed by atoms with Crippen LogP contribution >= 0.6 is 0 Å². The molecule has 0 spiro atoms. The maximum absolute atomic E-state index is 12.7. The third-order valence-corrected chi connectivity index (χ3v) is 4.44. The lowest BCUT2D eigenvalue weighted by molar-refractivity contribution is -0.137. The number of amides is 1. The van der Waals surface area contributed by atoms with Crippen LogP contribution in [-0.2, 0) is 24.1 Å². The SMILES string of the molecule is Cc1cc2c(cc1C)CN(CC(=O)Nc1cccc(C(F)(F)F)c1)C2. The molecule has 0 saturated carbocycles. The second kappa shape index (κ2) is 6.52. The Hall–Kier alpha value is -2.34. The normalized spacial score (nSPS) is 14.4. The first-order chi connectivity index (χ1) is 11.7. The summed E-state index contributed by atoms with van der Waals surface area (Å²) < 4.78 is 38.2. The lowest BCUT2D eigenvalue weighted by atomic mass is 10.0. The predicted molar refractivity (Wildman–Crippen MR) is 90.1 cm³/mol. The molecule has 3 nitrogen and oxygen atoms in total. The minimum atomic E-state index is -4.42. The number of benzene rings is 2. The van der Waals surface area contributed by atoms with Gasteiger partial charge in [-0.1, -0.05) is 18.2 Å². The molecule has 1 aliphatic heterocycles. The van der Waals surface area contributed by atoms with Crippen molar-refractivity contribution in [1.82, 2.24) is 4.90 Å². The summed E-state index contributed by atoms with van der Waals surface area (Å²) >= 11 is 0. The number of carbonyl (C=O) groups is 1. The molecule has 0 radical (unpaired) electrons. The van der Waals surface area contributed by atoms with Gasteiger partial charge in [-0.3, -0.25) is 9.69 Å². The van der Waals surface area contributed by atoms with Gasteiger partial charge >= 0.3 is 6.18 Å². The molecule has 3 rings (SSSR count). The van der Waals surface area contributed by atoms with Gasteiger partial charge in [-0.2, -0.15) is 13.2 Å². The van der Waals surface area contributed by atoms with Crippen molar-refractivity contribution >= 4 is 11.6 Å². The third-order valence-electron chi connectivity index (χ3n) is 4.44. The van der Waals surface area contributed by atoms with Gasteiger partial charge in [0.05, 0.1) is 12.1 Å². The first kappa shape index (κ1) is 17.5. The van der Waals surface area contributed by atoms with Crippen LogP contribution in [-0.4, -0.2) is 17.4 Å². The van der Waals surface area contributed by atoms with Crippen LogP contribution in [0.2, 0.25) is 0 Å². The van der Waals surface area contributed by atoms with Crippen molar-refractivity contribution in [2.24, 2.45) is 0 Å². The molecule has 0 aliphatic carbocycles. The van der Waals surface area contributed by atoms with Crippen molar-refractivity contribution in [1.29, 1.82) is 0 Å². The first-order valence-electron chi connectivity index (χ1n) is 8.01. The standard InChI is InChI=1S/C19H19F3N2O/c1-12-6-14-9-24(10-15(14)7-13(12)2)11-18(25)23-17-5-3-4-16(8-17)19(20,21)22/h3-8H,9-11H2,1-2H3,(H,23,25). The molecule has 0 fully saturated rings. The van der Waals surface area contributed by atoms with Crippen LogP contribution in [0.1, 0.15) is 27.8 Å². The summed E-state index contributed by atoms with van der Waals surface area (Å²) in [5.41, 5.74) is 4.22. The van der Waals surface area contributed by atoms with Crippen molar-refractivity contribution in [2.45, 2.75) is 33.1 Å². The topological polar surface area (TPSA) is 32.3 Å². The molecule has 2 aromatic rings. The van der Waals surface area contributed by atoms with E-state index in [9.17, 15) is 18.0 Å². The number of fused-ring (bicyclic) bond motifs is 1. The largest absolute Gasteiger partial charge is 0.416 e. The molecular formula is C19H19F3N2O. The van der Waals surface area contributed by atoms with Crippen LogP contribution in [0.4, 0.5) is 18.9 Å². The number of nitrogens with one attached hydrogen (secondary N) is 1. The monoisotopic (exact) mass is 348 g/mol. The van der Waals surface area contributed by atoms with Crippen molar-refractivity contribution in [2.75, 3.05) is 11.9 Å². The molecule has 1 N–H and O–H groups in total. The van der Waals surface area contributed by atoms with Gasteiger partial charge in [0, 0.05) is 18.8 Å². The van der Waals surface area contributed by atoms with E-state index in [0.717, 1.165) is 12.1 Å². The summed E-state index contributed by atoms with van der Waals surface area (Å²) in [4.78, 5) is 14.2. The molecule has 0 atom stereocenters. The quantitative estimate of drug-likeness (QED) is 0.898. The van der Waals surface area contributed by atoms with Gasteiger partial charge in [0.1, 0.15) is 0 Å². The molecule has 0 aromatic heterocycles. The van der Waals surface area contributed by atoms with Crippen LogP contribution in [0.25, 0.3) is 0 Å². The number of nitrogens with zero attached hydrogens (tertiary/aromatic N) is 1. The molecule has 0 bridgehead atoms. The number of hydrogen-bond acceptors (Lipinski definition) is 2. The second-order valence-corrected chi connectivity index (χ2v) is 6.48.